The lowest BCUT2D eigenvalue weighted by atomic mass is 9.78. The van der Waals surface area contributed by atoms with Gasteiger partial charge in [0.2, 0.25) is 10.0 Å². The number of esters is 1. The Morgan fingerprint density at radius 3 is 2.59 bits per heavy atom. The number of sulfonamides is 1. The zero-order valence-electron chi connectivity index (χ0n) is 16.1. The first-order valence-electron chi connectivity index (χ1n) is 8.99. The van der Waals surface area contributed by atoms with E-state index in [0.29, 0.717) is 11.8 Å². The third-order valence-electron chi connectivity index (χ3n) is 5.06. The number of nitrogens with one attached hydrogen (secondary N) is 2. The van der Waals surface area contributed by atoms with Crippen LogP contribution in [-0.2, 0) is 24.3 Å². The van der Waals surface area contributed by atoms with Crippen molar-refractivity contribution in [3.63, 3.8) is 0 Å². The molecule has 10 heteroatoms. The summed E-state index contributed by atoms with van der Waals surface area (Å²) in [4.78, 5) is 23.7. The number of carbonyl (C=O) groups is 2. The van der Waals surface area contributed by atoms with Crippen LogP contribution < -0.4 is 10.0 Å². The van der Waals surface area contributed by atoms with Gasteiger partial charge in [0, 0.05) is 6.04 Å². The highest BCUT2D eigenvalue weighted by molar-refractivity contribution is 7.89. The fourth-order valence-electron chi connectivity index (χ4n) is 3.32. The minimum absolute atomic E-state index is 0.0676. The second-order valence-electron chi connectivity index (χ2n) is 7.08. The van der Waals surface area contributed by atoms with Gasteiger partial charge in [0.1, 0.15) is 17.1 Å². The van der Waals surface area contributed by atoms with Crippen molar-refractivity contribution in [2.75, 3.05) is 13.2 Å². The highest BCUT2D eigenvalue weighted by Gasteiger charge is 2.28. The average Bonchev–Trinajstić information content (AvgIpc) is 2.94. The molecule has 2 N–H and O–H groups in total. The van der Waals surface area contributed by atoms with E-state index in [9.17, 15) is 18.0 Å². The number of nitrogens with zero attached hydrogens (tertiary/aromatic N) is 1. The second kappa shape index (κ2) is 8.83. The quantitative estimate of drug-likeness (QED) is 0.654. The molecule has 9 nitrogen and oxygen atoms in total. The summed E-state index contributed by atoms with van der Waals surface area (Å²) >= 11 is 0. The number of ether oxygens (including phenoxy) is 1. The van der Waals surface area contributed by atoms with Gasteiger partial charge in [-0.15, -0.1) is 0 Å². The Balaban J connectivity index is 1.78. The molecule has 1 aliphatic rings. The molecule has 0 spiro atoms. The summed E-state index contributed by atoms with van der Waals surface area (Å²) in [6.07, 6.45) is 3.11. The highest BCUT2D eigenvalue weighted by Crippen LogP contribution is 2.29. The van der Waals surface area contributed by atoms with Crippen molar-refractivity contribution >= 4 is 21.9 Å². The smallest absolute Gasteiger partial charge is 0.321 e. The predicted octanol–water partition coefficient (Wildman–Crippen LogP) is 1.05. The van der Waals surface area contributed by atoms with Gasteiger partial charge in [0.15, 0.2) is 12.4 Å². The van der Waals surface area contributed by atoms with Crippen molar-refractivity contribution in [3.8, 4) is 0 Å². The van der Waals surface area contributed by atoms with Crippen LogP contribution in [0.4, 0.5) is 0 Å². The van der Waals surface area contributed by atoms with E-state index in [1.165, 1.54) is 13.8 Å². The van der Waals surface area contributed by atoms with Crippen LogP contribution in [0, 0.1) is 25.7 Å². The summed E-state index contributed by atoms with van der Waals surface area (Å²) in [5.74, 6) is -0.206. The first-order valence-corrected chi connectivity index (χ1v) is 10.5. The van der Waals surface area contributed by atoms with Crippen LogP contribution in [-0.4, -0.2) is 44.6 Å². The molecule has 0 aromatic carbocycles. The van der Waals surface area contributed by atoms with Crippen molar-refractivity contribution in [1.29, 1.82) is 0 Å². The number of hydrogen-bond acceptors (Lipinski definition) is 7. The minimum atomic E-state index is -3.96. The Bertz CT molecular complexity index is 769. The van der Waals surface area contributed by atoms with E-state index in [0.717, 1.165) is 19.3 Å². The molecule has 1 amide bonds. The van der Waals surface area contributed by atoms with E-state index in [-0.39, 0.29) is 28.3 Å². The van der Waals surface area contributed by atoms with E-state index in [1.54, 1.807) is 0 Å². The van der Waals surface area contributed by atoms with Gasteiger partial charge in [0.05, 0.1) is 0 Å². The van der Waals surface area contributed by atoms with Crippen LogP contribution in [0.2, 0.25) is 0 Å². The Hall–Kier alpha value is -1.94. The third-order valence-corrected chi connectivity index (χ3v) is 6.71. The Morgan fingerprint density at radius 2 is 1.96 bits per heavy atom. The topological polar surface area (TPSA) is 128 Å². The largest absolute Gasteiger partial charge is 0.455 e. The molecular weight excluding hydrogens is 374 g/mol. The Morgan fingerprint density at radius 1 is 1.26 bits per heavy atom. The molecule has 27 heavy (non-hydrogen) atoms. The van der Waals surface area contributed by atoms with E-state index in [2.05, 4.69) is 29.0 Å². The molecule has 1 aliphatic carbocycles. The van der Waals surface area contributed by atoms with Crippen LogP contribution in [0.3, 0.4) is 0 Å². The maximum Gasteiger partial charge on any atom is 0.321 e. The fraction of sp³-hybridized carbons (Fsp3) is 0.706. The molecule has 0 radical (unpaired) electrons. The van der Waals surface area contributed by atoms with Gasteiger partial charge in [-0.1, -0.05) is 31.8 Å². The number of hydrogen-bond donors (Lipinski definition) is 2. The predicted molar refractivity (Wildman–Crippen MR) is 96.2 cm³/mol. The van der Waals surface area contributed by atoms with Gasteiger partial charge >= 0.3 is 5.97 Å². The van der Waals surface area contributed by atoms with Crippen LogP contribution in [0.15, 0.2) is 9.42 Å². The first-order chi connectivity index (χ1) is 12.6. The summed E-state index contributed by atoms with van der Waals surface area (Å²) in [6.45, 7) is 6.18. The van der Waals surface area contributed by atoms with E-state index in [1.807, 2.05) is 0 Å². The molecule has 1 fully saturated rings. The minimum Gasteiger partial charge on any atom is -0.455 e. The van der Waals surface area contributed by atoms with Crippen molar-refractivity contribution in [2.45, 2.75) is 57.9 Å². The average molecular weight is 401 g/mol. The molecule has 1 saturated carbocycles. The first kappa shape index (κ1) is 21.4. The maximum absolute atomic E-state index is 12.2. The molecule has 0 unspecified atom stereocenters. The summed E-state index contributed by atoms with van der Waals surface area (Å²) in [5, 5.41) is 6.46. The van der Waals surface area contributed by atoms with E-state index < -0.39 is 29.1 Å². The van der Waals surface area contributed by atoms with Gasteiger partial charge in [0.25, 0.3) is 5.91 Å². The fourth-order valence-corrected chi connectivity index (χ4v) is 4.61. The molecule has 0 bridgehead atoms. The lowest BCUT2D eigenvalue weighted by Crippen LogP contribution is -2.45. The number of aryl methyl sites for hydroxylation is 2. The van der Waals surface area contributed by atoms with Gasteiger partial charge in [-0.25, -0.2) is 8.42 Å². The molecule has 1 aromatic heterocycles. The summed E-state index contributed by atoms with van der Waals surface area (Å²) in [6, 6.07) is 0.0676. The summed E-state index contributed by atoms with van der Waals surface area (Å²) < 4.78 is 36.2. The molecule has 3 atom stereocenters. The monoisotopic (exact) mass is 401 g/mol. The number of aromatic nitrogens is 1. The van der Waals surface area contributed by atoms with Crippen molar-refractivity contribution in [2.24, 2.45) is 11.8 Å². The SMILES string of the molecule is Cc1noc(C)c1S(=O)(=O)NCC(=O)OCC(=O)N[C@@H]1CCC[C@H](C)[C@@H]1C. The van der Waals surface area contributed by atoms with Gasteiger partial charge in [-0.3, -0.25) is 9.59 Å². The maximum atomic E-state index is 12.2. The number of rotatable bonds is 7. The third kappa shape index (κ3) is 5.52. The summed E-state index contributed by atoms with van der Waals surface area (Å²) in [5.41, 5.74) is 0.198. The van der Waals surface area contributed by atoms with Crippen molar-refractivity contribution in [3.05, 3.63) is 11.5 Å². The molecule has 152 valence electrons. The van der Waals surface area contributed by atoms with Crippen molar-refractivity contribution in [1.82, 2.24) is 15.2 Å². The van der Waals surface area contributed by atoms with Crippen LogP contribution >= 0.6 is 0 Å². The van der Waals surface area contributed by atoms with E-state index >= 15 is 0 Å². The zero-order chi connectivity index (χ0) is 20.2. The van der Waals surface area contributed by atoms with Gasteiger partial charge in [-0.2, -0.15) is 4.72 Å². The number of amides is 1. The highest BCUT2D eigenvalue weighted by atomic mass is 32.2. The van der Waals surface area contributed by atoms with Gasteiger partial charge in [-0.05, 0) is 32.1 Å². The second-order valence-corrected chi connectivity index (χ2v) is 8.78. The molecular formula is C17H27N3O6S. The Kier molecular flexibility index (Phi) is 6.99. The number of carbonyl (C=O) groups excluding carboxylic acids is 2. The van der Waals surface area contributed by atoms with Gasteiger partial charge < -0.3 is 14.6 Å². The zero-order valence-corrected chi connectivity index (χ0v) is 16.9. The van der Waals surface area contributed by atoms with Crippen LogP contribution in [0.5, 0.6) is 0 Å². The molecule has 2 rings (SSSR count). The van der Waals surface area contributed by atoms with E-state index in [4.69, 9.17) is 9.26 Å². The van der Waals surface area contributed by atoms with Crippen molar-refractivity contribution < 1.29 is 27.3 Å². The summed E-state index contributed by atoms with van der Waals surface area (Å²) in [7, 11) is -3.96. The molecule has 1 heterocycles. The lowest BCUT2D eigenvalue weighted by molar-refractivity contribution is -0.147. The Labute approximate surface area is 159 Å². The normalized spacial score (nSPS) is 23.0. The van der Waals surface area contributed by atoms with Crippen LogP contribution in [0.25, 0.3) is 0 Å². The standard InChI is InChI=1S/C17H27N3O6S/c1-10-6-5-7-14(11(10)2)19-15(21)9-25-16(22)8-18-27(23,24)17-12(3)20-26-13(17)4/h10-11,14,18H,5-9H2,1-4H3,(H,19,21)/t10-,11-,14+/m0/s1. The molecule has 0 aliphatic heterocycles. The molecule has 1 aromatic rings. The van der Waals surface area contributed by atoms with Crippen LogP contribution in [0.1, 0.15) is 44.6 Å². The lowest BCUT2D eigenvalue weighted by Gasteiger charge is -2.34. The molecule has 0 saturated heterocycles.